The Labute approximate surface area is 112 Å². The lowest BCUT2D eigenvalue weighted by molar-refractivity contribution is 0.0515. The van der Waals surface area contributed by atoms with Crippen molar-refractivity contribution < 1.29 is 14.3 Å². The molecule has 5 nitrogen and oxygen atoms in total. The zero-order valence-electron chi connectivity index (χ0n) is 11.6. The molecule has 1 atom stereocenters. The fourth-order valence-electron chi connectivity index (χ4n) is 2.17. The van der Waals surface area contributed by atoms with Crippen LogP contribution >= 0.6 is 0 Å². The third kappa shape index (κ3) is 2.33. The Balaban J connectivity index is 2.69. The smallest absolute Gasteiger partial charge is 0.340 e. The summed E-state index contributed by atoms with van der Waals surface area (Å²) in [6.45, 7) is 6.01. The topological polar surface area (TPSA) is 52.8 Å². The maximum Gasteiger partial charge on any atom is 0.340 e. The van der Waals surface area contributed by atoms with E-state index in [1.54, 1.807) is 18.5 Å². The van der Waals surface area contributed by atoms with Crippen LogP contribution in [0.5, 0.6) is 0 Å². The van der Waals surface area contributed by atoms with Crippen molar-refractivity contribution in [2.75, 3.05) is 13.7 Å². The summed E-state index contributed by atoms with van der Waals surface area (Å²) in [6, 6.07) is 1.96. The predicted octanol–water partition coefficient (Wildman–Crippen LogP) is 2.53. The van der Waals surface area contributed by atoms with Crippen LogP contribution in [-0.2, 0) is 9.47 Å². The first kappa shape index (κ1) is 13.5. The first-order valence-corrected chi connectivity index (χ1v) is 6.26. The van der Waals surface area contributed by atoms with Gasteiger partial charge in [-0.2, -0.15) is 5.10 Å². The quantitative estimate of drug-likeness (QED) is 0.794. The van der Waals surface area contributed by atoms with E-state index in [1.807, 2.05) is 26.1 Å². The molecular formula is C14H18N2O3. The number of ether oxygens (including phenoxy) is 2. The van der Waals surface area contributed by atoms with E-state index >= 15 is 0 Å². The molecule has 0 unspecified atom stereocenters. The normalized spacial score (nSPS) is 12.6. The molecule has 2 aromatic rings. The summed E-state index contributed by atoms with van der Waals surface area (Å²) in [5.41, 5.74) is 3.24. The molecule has 0 aromatic carbocycles. The molecule has 0 saturated carbocycles. The first-order chi connectivity index (χ1) is 9.10. The SMILES string of the molecule is CCOC(=O)c1cnn2ccc(C)c2c1[C@H](C)OC. The van der Waals surface area contributed by atoms with Crippen LogP contribution < -0.4 is 0 Å². The van der Waals surface area contributed by atoms with E-state index in [2.05, 4.69) is 5.10 Å². The van der Waals surface area contributed by atoms with E-state index in [0.29, 0.717) is 12.2 Å². The average Bonchev–Trinajstić information content (AvgIpc) is 2.79. The molecule has 0 amide bonds. The standard InChI is InChI=1S/C14H18N2O3/c1-5-19-14(17)11-8-15-16-7-6-9(2)13(16)12(11)10(3)18-4/h6-8,10H,5H2,1-4H3/t10-/m0/s1. The molecule has 0 fully saturated rings. The Morgan fingerprint density at radius 3 is 2.89 bits per heavy atom. The first-order valence-electron chi connectivity index (χ1n) is 6.26. The summed E-state index contributed by atoms with van der Waals surface area (Å²) < 4.78 is 12.2. The number of esters is 1. The van der Waals surface area contributed by atoms with Crippen molar-refractivity contribution in [1.82, 2.24) is 9.61 Å². The highest BCUT2D eigenvalue weighted by atomic mass is 16.5. The second-order valence-electron chi connectivity index (χ2n) is 4.36. The van der Waals surface area contributed by atoms with Gasteiger partial charge in [-0.25, -0.2) is 9.31 Å². The van der Waals surface area contributed by atoms with Gasteiger partial charge in [-0.05, 0) is 32.4 Å². The van der Waals surface area contributed by atoms with Crippen LogP contribution in [-0.4, -0.2) is 29.3 Å². The monoisotopic (exact) mass is 262 g/mol. The van der Waals surface area contributed by atoms with Crippen LogP contribution in [0.15, 0.2) is 18.5 Å². The molecule has 5 heteroatoms. The highest BCUT2D eigenvalue weighted by molar-refractivity contribution is 5.93. The van der Waals surface area contributed by atoms with E-state index in [9.17, 15) is 4.79 Å². The Hall–Kier alpha value is -1.88. The second kappa shape index (κ2) is 5.40. The summed E-state index contributed by atoms with van der Waals surface area (Å²) in [6.07, 6.45) is 3.19. The molecule has 0 aliphatic rings. The van der Waals surface area contributed by atoms with Crippen molar-refractivity contribution >= 4 is 11.5 Å². The van der Waals surface area contributed by atoms with Gasteiger partial charge in [0.25, 0.3) is 0 Å². The van der Waals surface area contributed by atoms with Crippen LogP contribution in [0.2, 0.25) is 0 Å². The number of aryl methyl sites for hydroxylation is 1. The maximum absolute atomic E-state index is 12.0. The third-order valence-corrected chi connectivity index (χ3v) is 3.18. The minimum absolute atomic E-state index is 0.210. The Morgan fingerprint density at radius 2 is 2.26 bits per heavy atom. The summed E-state index contributed by atoms with van der Waals surface area (Å²) in [4.78, 5) is 12.0. The molecule has 2 aromatic heterocycles. The summed E-state index contributed by atoms with van der Waals surface area (Å²) in [5, 5.41) is 4.24. The number of hydrogen-bond acceptors (Lipinski definition) is 4. The number of fused-ring (bicyclic) bond motifs is 1. The summed E-state index contributed by atoms with van der Waals surface area (Å²) >= 11 is 0. The number of carbonyl (C=O) groups excluding carboxylic acids is 1. The maximum atomic E-state index is 12.0. The van der Waals surface area contributed by atoms with Gasteiger partial charge in [0.05, 0.1) is 30.0 Å². The molecule has 0 aliphatic carbocycles. The van der Waals surface area contributed by atoms with E-state index < -0.39 is 0 Å². The summed E-state index contributed by atoms with van der Waals surface area (Å²) in [5.74, 6) is -0.364. The zero-order valence-corrected chi connectivity index (χ0v) is 11.6. The lowest BCUT2D eigenvalue weighted by atomic mass is 10.0. The highest BCUT2D eigenvalue weighted by Crippen LogP contribution is 2.28. The minimum atomic E-state index is -0.364. The van der Waals surface area contributed by atoms with Crippen LogP contribution in [0.3, 0.4) is 0 Å². The van der Waals surface area contributed by atoms with Gasteiger partial charge in [-0.3, -0.25) is 0 Å². The number of rotatable bonds is 4. The number of methoxy groups -OCH3 is 1. The van der Waals surface area contributed by atoms with Crippen LogP contribution in [0.1, 0.15) is 41.4 Å². The molecule has 0 N–H and O–H groups in total. The number of hydrogen-bond donors (Lipinski definition) is 0. The van der Waals surface area contributed by atoms with Gasteiger partial charge in [0.15, 0.2) is 0 Å². The molecule has 0 spiro atoms. The van der Waals surface area contributed by atoms with Crippen molar-refractivity contribution in [1.29, 1.82) is 0 Å². The number of nitrogens with zero attached hydrogens (tertiary/aromatic N) is 2. The van der Waals surface area contributed by atoms with Gasteiger partial charge < -0.3 is 9.47 Å². The highest BCUT2D eigenvalue weighted by Gasteiger charge is 2.22. The molecule has 0 aliphatic heterocycles. The molecule has 2 rings (SSSR count). The van der Waals surface area contributed by atoms with E-state index in [1.165, 1.54) is 6.20 Å². The van der Waals surface area contributed by atoms with Crippen LogP contribution in [0.4, 0.5) is 0 Å². The fourth-order valence-corrected chi connectivity index (χ4v) is 2.17. The number of aromatic nitrogens is 2. The number of carbonyl (C=O) groups is 1. The van der Waals surface area contributed by atoms with E-state index in [4.69, 9.17) is 9.47 Å². The molecular weight excluding hydrogens is 244 g/mol. The Kier molecular flexibility index (Phi) is 3.85. The molecule has 102 valence electrons. The largest absolute Gasteiger partial charge is 0.462 e. The van der Waals surface area contributed by atoms with Crippen molar-refractivity contribution in [3.8, 4) is 0 Å². The lowest BCUT2D eigenvalue weighted by Crippen LogP contribution is -2.14. The van der Waals surface area contributed by atoms with Gasteiger partial charge in [0, 0.05) is 18.9 Å². The van der Waals surface area contributed by atoms with Gasteiger partial charge in [-0.1, -0.05) is 0 Å². The minimum Gasteiger partial charge on any atom is -0.462 e. The second-order valence-corrected chi connectivity index (χ2v) is 4.36. The van der Waals surface area contributed by atoms with Gasteiger partial charge in [0.1, 0.15) is 0 Å². The predicted molar refractivity (Wildman–Crippen MR) is 71.3 cm³/mol. The van der Waals surface area contributed by atoms with Gasteiger partial charge in [-0.15, -0.1) is 0 Å². The molecule has 0 radical (unpaired) electrons. The average molecular weight is 262 g/mol. The Morgan fingerprint density at radius 1 is 1.53 bits per heavy atom. The van der Waals surface area contributed by atoms with Crippen LogP contribution in [0.25, 0.3) is 5.52 Å². The molecule has 0 bridgehead atoms. The van der Waals surface area contributed by atoms with Crippen molar-refractivity contribution in [2.24, 2.45) is 0 Å². The molecule has 19 heavy (non-hydrogen) atoms. The summed E-state index contributed by atoms with van der Waals surface area (Å²) in [7, 11) is 1.62. The van der Waals surface area contributed by atoms with Crippen molar-refractivity contribution in [3.63, 3.8) is 0 Å². The molecule has 2 heterocycles. The molecule has 0 saturated heterocycles. The van der Waals surface area contributed by atoms with Crippen LogP contribution in [0, 0.1) is 6.92 Å². The van der Waals surface area contributed by atoms with Gasteiger partial charge in [0.2, 0.25) is 0 Å². The van der Waals surface area contributed by atoms with Crippen molar-refractivity contribution in [2.45, 2.75) is 26.9 Å². The third-order valence-electron chi connectivity index (χ3n) is 3.18. The van der Waals surface area contributed by atoms with E-state index in [0.717, 1.165) is 16.6 Å². The lowest BCUT2D eigenvalue weighted by Gasteiger charge is -2.16. The van der Waals surface area contributed by atoms with Crippen molar-refractivity contribution in [3.05, 3.63) is 35.2 Å². The zero-order chi connectivity index (χ0) is 14.0. The fraction of sp³-hybridized carbons (Fsp3) is 0.429. The van der Waals surface area contributed by atoms with Gasteiger partial charge >= 0.3 is 5.97 Å². The van der Waals surface area contributed by atoms with E-state index in [-0.39, 0.29) is 12.1 Å². The Bertz CT molecular complexity index is 604.